The monoisotopic (exact) mass is 338 g/mol. The normalized spacial score (nSPS) is 10.5. The summed E-state index contributed by atoms with van der Waals surface area (Å²) < 4.78 is 6.61. The highest BCUT2D eigenvalue weighted by Gasteiger charge is 2.22. The number of rotatable bonds is 4. The van der Waals surface area contributed by atoms with E-state index in [2.05, 4.69) is 15.3 Å². The second-order valence-corrected chi connectivity index (χ2v) is 5.59. The van der Waals surface area contributed by atoms with Crippen molar-refractivity contribution < 1.29 is 14.3 Å². The molecule has 1 aromatic carbocycles. The quantitative estimate of drug-likeness (QED) is 0.716. The number of nitrogens with one attached hydrogen (secondary N) is 2. The van der Waals surface area contributed by atoms with E-state index in [0.717, 1.165) is 5.69 Å². The molecule has 128 valence electrons. The van der Waals surface area contributed by atoms with Gasteiger partial charge < -0.3 is 19.6 Å². The van der Waals surface area contributed by atoms with Gasteiger partial charge in [-0.25, -0.2) is 9.78 Å². The van der Waals surface area contributed by atoms with E-state index in [9.17, 15) is 9.59 Å². The second kappa shape index (κ2) is 6.64. The summed E-state index contributed by atoms with van der Waals surface area (Å²) in [5, 5.41) is 2.84. The van der Waals surface area contributed by atoms with E-state index < -0.39 is 5.97 Å². The standard InChI is InChI=1S/C18H18N4O3/c1-11-15(18(24)25-3)12(2)20-16(11)17(23)21-13-5-4-6-14(9-13)22-8-7-19-10-22/h4-10,20H,1-3H3,(H,21,23). The maximum atomic E-state index is 12.6. The van der Waals surface area contributed by atoms with Gasteiger partial charge >= 0.3 is 5.97 Å². The van der Waals surface area contributed by atoms with Crippen LogP contribution in [0.1, 0.15) is 32.1 Å². The first-order valence-electron chi connectivity index (χ1n) is 7.68. The Bertz CT molecular complexity index is 926. The average molecular weight is 338 g/mol. The van der Waals surface area contributed by atoms with Crippen LogP contribution < -0.4 is 5.32 Å². The highest BCUT2D eigenvalue weighted by atomic mass is 16.5. The number of amides is 1. The molecule has 0 unspecified atom stereocenters. The van der Waals surface area contributed by atoms with Crippen molar-refractivity contribution in [2.75, 3.05) is 12.4 Å². The summed E-state index contributed by atoms with van der Waals surface area (Å²) in [5.74, 6) is -0.786. The van der Waals surface area contributed by atoms with Gasteiger partial charge in [-0.05, 0) is 37.6 Å². The van der Waals surface area contributed by atoms with Crippen molar-refractivity contribution in [3.63, 3.8) is 0 Å². The van der Waals surface area contributed by atoms with Crippen LogP contribution in [0, 0.1) is 13.8 Å². The number of imidazole rings is 1. The van der Waals surface area contributed by atoms with E-state index in [1.54, 1.807) is 32.4 Å². The zero-order valence-corrected chi connectivity index (χ0v) is 14.2. The van der Waals surface area contributed by atoms with E-state index in [4.69, 9.17) is 4.74 Å². The first-order valence-corrected chi connectivity index (χ1v) is 7.68. The molecule has 0 saturated heterocycles. The van der Waals surface area contributed by atoms with Gasteiger partial charge in [-0.2, -0.15) is 0 Å². The molecule has 7 nitrogen and oxygen atoms in total. The molecule has 0 bridgehead atoms. The summed E-state index contributed by atoms with van der Waals surface area (Å²) in [6, 6.07) is 7.39. The molecule has 1 amide bonds. The fourth-order valence-electron chi connectivity index (χ4n) is 2.74. The zero-order valence-electron chi connectivity index (χ0n) is 14.2. The van der Waals surface area contributed by atoms with E-state index >= 15 is 0 Å². The van der Waals surface area contributed by atoms with Gasteiger partial charge in [0.05, 0.1) is 19.0 Å². The first kappa shape index (κ1) is 16.5. The number of nitrogens with zero attached hydrogens (tertiary/aromatic N) is 2. The minimum atomic E-state index is -0.465. The number of aryl methyl sites for hydroxylation is 1. The van der Waals surface area contributed by atoms with Gasteiger partial charge in [0.1, 0.15) is 5.69 Å². The molecule has 0 fully saturated rings. The van der Waals surface area contributed by atoms with Gasteiger partial charge in [0.25, 0.3) is 5.91 Å². The van der Waals surface area contributed by atoms with Crippen LogP contribution >= 0.6 is 0 Å². The summed E-state index contributed by atoms with van der Waals surface area (Å²) in [5.41, 5.74) is 3.41. The molecule has 2 N–H and O–H groups in total. The van der Waals surface area contributed by atoms with E-state index in [0.29, 0.717) is 28.2 Å². The zero-order chi connectivity index (χ0) is 18.0. The lowest BCUT2D eigenvalue weighted by molar-refractivity contribution is 0.0599. The second-order valence-electron chi connectivity index (χ2n) is 5.59. The maximum Gasteiger partial charge on any atom is 0.339 e. The number of anilines is 1. The fraction of sp³-hybridized carbons (Fsp3) is 0.167. The Morgan fingerprint density at radius 1 is 1.28 bits per heavy atom. The summed E-state index contributed by atoms with van der Waals surface area (Å²) in [6.07, 6.45) is 5.19. The fourth-order valence-corrected chi connectivity index (χ4v) is 2.74. The van der Waals surface area contributed by atoms with E-state index in [1.807, 2.05) is 29.0 Å². The number of aromatic nitrogens is 3. The summed E-state index contributed by atoms with van der Waals surface area (Å²) in [4.78, 5) is 31.4. The van der Waals surface area contributed by atoms with Crippen molar-refractivity contribution in [3.8, 4) is 5.69 Å². The molecular weight excluding hydrogens is 320 g/mol. The van der Waals surface area contributed by atoms with Crippen molar-refractivity contribution in [3.05, 3.63) is 65.5 Å². The topological polar surface area (TPSA) is 89.0 Å². The molecular formula is C18H18N4O3. The first-order chi connectivity index (χ1) is 12.0. The molecule has 2 aromatic heterocycles. The predicted molar refractivity (Wildman–Crippen MR) is 93.1 cm³/mol. The smallest absolute Gasteiger partial charge is 0.339 e. The highest BCUT2D eigenvalue weighted by molar-refractivity contribution is 6.06. The Morgan fingerprint density at radius 3 is 2.76 bits per heavy atom. The Hall–Kier alpha value is -3.35. The molecule has 0 atom stereocenters. The molecule has 3 aromatic rings. The third-order valence-corrected chi connectivity index (χ3v) is 3.96. The van der Waals surface area contributed by atoms with Crippen LogP contribution in [0.15, 0.2) is 43.0 Å². The Kier molecular flexibility index (Phi) is 4.38. The van der Waals surface area contributed by atoms with Crippen LogP contribution in [0.2, 0.25) is 0 Å². The maximum absolute atomic E-state index is 12.6. The molecule has 3 rings (SSSR count). The minimum absolute atomic E-state index is 0.321. The highest BCUT2D eigenvalue weighted by Crippen LogP contribution is 2.21. The van der Waals surface area contributed by atoms with Crippen molar-refractivity contribution in [2.24, 2.45) is 0 Å². The number of ether oxygens (including phenoxy) is 1. The summed E-state index contributed by atoms with van der Waals surface area (Å²) >= 11 is 0. The van der Waals surface area contributed by atoms with Crippen molar-refractivity contribution in [2.45, 2.75) is 13.8 Å². The number of carbonyl (C=O) groups is 2. The van der Waals surface area contributed by atoms with Crippen LogP contribution in [0.3, 0.4) is 0 Å². The lowest BCUT2D eigenvalue weighted by Crippen LogP contribution is -2.14. The van der Waals surface area contributed by atoms with Crippen molar-refractivity contribution in [1.82, 2.24) is 14.5 Å². The number of carbonyl (C=O) groups excluding carboxylic acids is 2. The number of aromatic amines is 1. The molecule has 0 spiro atoms. The van der Waals surface area contributed by atoms with Crippen LogP contribution in [-0.2, 0) is 4.74 Å². The van der Waals surface area contributed by atoms with Gasteiger partial charge in [0, 0.05) is 29.5 Å². The summed E-state index contributed by atoms with van der Waals surface area (Å²) in [7, 11) is 1.32. The average Bonchev–Trinajstić information content (AvgIpc) is 3.23. The molecule has 0 aliphatic heterocycles. The molecule has 0 radical (unpaired) electrons. The third-order valence-electron chi connectivity index (χ3n) is 3.96. The van der Waals surface area contributed by atoms with Crippen molar-refractivity contribution in [1.29, 1.82) is 0 Å². The van der Waals surface area contributed by atoms with Crippen LogP contribution in [0.25, 0.3) is 5.69 Å². The largest absolute Gasteiger partial charge is 0.465 e. The number of methoxy groups -OCH3 is 1. The molecule has 2 heterocycles. The number of hydrogen-bond acceptors (Lipinski definition) is 4. The Morgan fingerprint density at radius 2 is 2.08 bits per heavy atom. The Balaban J connectivity index is 1.86. The van der Waals surface area contributed by atoms with Crippen LogP contribution in [0.4, 0.5) is 5.69 Å². The molecule has 7 heteroatoms. The number of H-pyrrole nitrogens is 1. The van der Waals surface area contributed by atoms with Gasteiger partial charge in [-0.1, -0.05) is 6.07 Å². The minimum Gasteiger partial charge on any atom is -0.465 e. The molecule has 0 aliphatic carbocycles. The predicted octanol–water partition coefficient (Wildman–Crippen LogP) is 2.86. The molecule has 0 saturated carbocycles. The summed E-state index contributed by atoms with van der Waals surface area (Å²) in [6.45, 7) is 3.45. The number of benzene rings is 1. The third kappa shape index (κ3) is 3.16. The van der Waals surface area contributed by atoms with Gasteiger partial charge in [0.2, 0.25) is 0 Å². The Labute approximate surface area is 144 Å². The van der Waals surface area contributed by atoms with E-state index in [-0.39, 0.29) is 5.91 Å². The van der Waals surface area contributed by atoms with Crippen molar-refractivity contribution >= 4 is 17.6 Å². The lowest BCUT2D eigenvalue weighted by atomic mass is 10.1. The molecule has 0 aliphatic rings. The number of hydrogen-bond donors (Lipinski definition) is 2. The van der Waals surface area contributed by atoms with E-state index in [1.165, 1.54) is 7.11 Å². The lowest BCUT2D eigenvalue weighted by Gasteiger charge is -2.08. The van der Waals surface area contributed by atoms with Crippen LogP contribution in [-0.4, -0.2) is 33.5 Å². The van der Waals surface area contributed by atoms with Gasteiger partial charge in [-0.15, -0.1) is 0 Å². The number of esters is 1. The van der Waals surface area contributed by atoms with Gasteiger partial charge in [-0.3, -0.25) is 4.79 Å². The molecule has 25 heavy (non-hydrogen) atoms. The van der Waals surface area contributed by atoms with Gasteiger partial charge in [0.15, 0.2) is 0 Å². The SMILES string of the molecule is COC(=O)c1c(C)[nH]c(C(=O)Nc2cccc(-n3ccnc3)c2)c1C. The van der Waals surface area contributed by atoms with Crippen LogP contribution in [0.5, 0.6) is 0 Å².